The third-order valence-electron chi connectivity index (χ3n) is 3.33. The zero-order valence-electron chi connectivity index (χ0n) is 10.7. The van der Waals surface area contributed by atoms with Gasteiger partial charge in [0.2, 0.25) is 5.91 Å². The molecule has 0 atom stereocenters. The lowest BCUT2D eigenvalue weighted by Gasteiger charge is -2.08. The van der Waals surface area contributed by atoms with Gasteiger partial charge in [-0.05, 0) is 41.6 Å². The van der Waals surface area contributed by atoms with Gasteiger partial charge in [-0.2, -0.15) is 0 Å². The molecule has 19 heavy (non-hydrogen) atoms. The Hall–Kier alpha value is -1.17. The molecule has 0 saturated heterocycles. The summed E-state index contributed by atoms with van der Waals surface area (Å²) in [6.07, 6.45) is 4.46. The van der Waals surface area contributed by atoms with E-state index in [2.05, 4.69) is 36.5 Å². The third-order valence-corrected chi connectivity index (χ3v) is 3.74. The number of hydrogen-bond acceptors (Lipinski definition) is 4. The van der Waals surface area contributed by atoms with Crippen molar-refractivity contribution in [2.45, 2.75) is 31.6 Å². The Morgan fingerprint density at radius 2 is 2.05 bits per heavy atom. The highest BCUT2D eigenvalue weighted by atomic mass is 79.9. The van der Waals surface area contributed by atoms with Crippen molar-refractivity contribution in [3.8, 4) is 0 Å². The molecule has 2 fully saturated rings. The molecule has 0 radical (unpaired) electrons. The van der Waals surface area contributed by atoms with Crippen LogP contribution in [-0.2, 0) is 4.79 Å². The second-order valence-electron chi connectivity index (χ2n) is 5.20. The smallest absolute Gasteiger partial charge is 0.223 e. The van der Waals surface area contributed by atoms with Crippen LogP contribution in [0.15, 0.2) is 10.7 Å². The van der Waals surface area contributed by atoms with Crippen molar-refractivity contribution in [1.29, 1.82) is 0 Å². The molecule has 1 amide bonds. The maximum absolute atomic E-state index is 11.5. The Kier molecular flexibility index (Phi) is 3.68. The number of halogens is 1. The fourth-order valence-corrected chi connectivity index (χ4v) is 2.31. The molecule has 1 aromatic heterocycles. The SMILES string of the molecule is O=C(NCCNc1cc(Br)nc(C2CC2)n1)C1CC1. The average molecular weight is 325 g/mol. The van der Waals surface area contributed by atoms with Crippen LogP contribution >= 0.6 is 15.9 Å². The quantitative estimate of drug-likeness (QED) is 0.621. The van der Waals surface area contributed by atoms with Gasteiger partial charge in [-0.25, -0.2) is 9.97 Å². The zero-order chi connectivity index (χ0) is 13.2. The van der Waals surface area contributed by atoms with Crippen molar-refractivity contribution in [2.24, 2.45) is 5.92 Å². The number of anilines is 1. The monoisotopic (exact) mass is 324 g/mol. The van der Waals surface area contributed by atoms with Gasteiger partial charge in [0, 0.05) is 31.0 Å². The molecule has 2 N–H and O–H groups in total. The molecule has 0 unspecified atom stereocenters. The predicted octanol–water partition coefficient (Wildman–Crippen LogP) is 2.05. The average Bonchev–Trinajstić information content (AvgIpc) is 3.27. The summed E-state index contributed by atoms with van der Waals surface area (Å²) in [7, 11) is 0. The van der Waals surface area contributed by atoms with Crippen molar-refractivity contribution >= 4 is 27.7 Å². The number of amides is 1. The van der Waals surface area contributed by atoms with E-state index in [1.165, 1.54) is 12.8 Å². The first kappa shape index (κ1) is 12.8. The topological polar surface area (TPSA) is 66.9 Å². The summed E-state index contributed by atoms with van der Waals surface area (Å²) in [6, 6.07) is 1.87. The lowest BCUT2D eigenvalue weighted by Crippen LogP contribution is -2.30. The zero-order valence-corrected chi connectivity index (χ0v) is 12.2. The lowest BCUT2D eigenvalue weighted by atomic mass is 10.4. The Morgan fingerprint density at radius 3 is 2.74 bits per heavy atom. The van der Waals surface area contributed by atoms with Crippen LogP contribution in [0.4, 0.5) is 5.82 Å². The van der Waals surface area contributed by atoms with E-state index in [1.807, 2.05) is 6.07 Å². The van der Waals surface area contributed by atoms with Gasteiger partial charge >= 0.3 is 0 Å². The molecule has 102 valence electrons. The molecule has 1 heterocycles. The minimum absolute atomic E-state index is 0.185. The van der Waals surface area contributed by atoms with E-state index in [0.29, 0.717) is 19.0 Å². The molecule has 0 spiro atoms. The first-order valence-corrected chi connectivity index (χ1v) is 7.58. The van der Waals surface area contributed by atoms with Gasteiger partial charge < -0.3 is 10.6 Å². The molecule has 1 aromatic rings. The predicted molar refractivity (Wildman–Crippen MR) is 75.9 cm³/mol. The van der Waals surface area contributed by atoms with Gasteiger partial charge in [0.25, 0.3) is 0 Å². The molecule has 2 aliphatic carbocycles. The lowest BCUT2D eigenvalue weighted by molar-refractivity contribution is -0.122. The second-order valence-corrected chi connectivity index (χ2v) is 6.01. The maximum Gasteiger partial charge on any atom is 0.223 e. The minimum Gasteiger partial charge on any atom is -0.368 e. The van der Waals surface area contributed by atoms with Crippen molar-refractivity contribution < 1.29 is 4.79 Å². The normalized spacial score (nSPS) is 18.2. The van der Waals surface area contributed by atoms with Crippen molar-refractivity contribution in [3.63, 3.8) is 0 Å². The fraction of sp³-hybridized carbons (Fsp3) is 0.615. The van der Waals surface area contributed by atoms with Gasteiger partial charge in [-0.1, -0.05) is 0 Å². The minimum atomic E-state index is 0.185. The van der Waals surface area contributed by atoms with Gasteiger partial charge in [0.05, 0.1) is 0 Å². The van der Waals surface area contributed by atoms with E-state index in [9.17, 15) is 4.79 Å². The van der Waals surface area contributed by atoms with Crippen LogP contribution in [0, 0.1) is 5.92 Å². The van der Waals surface area contributed by atoms with Crippen molar-refractivity contribution in [1.82, 2.24) is 15.3 Å². The van der Waals surface area contributed by atoms with Crippen LogP contribution in [0.5, 0.6) is 0 Å². The summed E-state index contributed by atoms with van der Waals surface area (Å²) in [6.45, 7) is 1.32. The second kappa shape index (κ2) is 5.45. The van der Waals surface area contributed by atoms with Gasteiger partial charge in [-0.3, -0.25) is 4.79 Å². The maximum atomic E-state index is 11.5. The van der Waals surface area contributed by atoms with Crippen LogP contribution in [0.2, 0.25) is 0 Å². The number of rotatable bonds is 6. The summed E-state index contributed by atoms with van der Waals surface area (Å²) in [5.74, 6) is 2.73. The van der Waals surface area contributed by atoms with Crippen molar-refractivity contribution in [2.75, 3.05) is 18.4 Å². The number of hydrogen-bond donors (Lipinski definition) is 2. The summed E-state index contributed by atoms with van der Waals surface area (Å²) < 4.78 is 0.814. The molecule has 2 saturated carbocycles. The molecule has 6 heteroatoms. The number of carbonyl (C=O) groups is 1. The van der Waals surface area contributed by atoms with Crippen LogP contribution in [-0.4, -0.2) is 29.0 Å². The Bertz CT molecular complexity index is 486. The van der Waals surface area contributed by atoms with E-state index in [4.69, 9.17) is 0 Å². The van der Waals surface area contributed by atoms with E-state index in [0.717, 1.165) is 29.1 Å². The molecular formula is C13H17BrN4O. The van der Waals surface area contributed by atoms with Gasteiger partial charge in [0.15, 0.2) is 0 Å². The summed E-state index contributed by atoms with van der Waals surface area (Å²) in [5.41, 5.74) is 0. The fourth-order valence-electron chi connectivity index (χ4n) is 1.92. The first-order chi connectivity index (χ1) is 9.22. The number of nitrogens with zero attached hydrogens (tertiary/aromatic N) is 2. The first-order valence-electron chi connectivity index (χ1n) is 6.78. The molecule has 2 aliphatic rings. The standard InChI is InChI=1S/C13H17BrN4O/c14-10-7-11(18-12(17-10)8-1-2-8)15-5-6-16-13(19)9-3-4-9/h7-9H,1-6H2,(H,16,19)(H,15,17,18). The van der Waals surface area contributed by atoms with Crippen molar-refractivity contribution in [3.05, 3.63) is 16.5 Å². The van der Waals surface area contributed by atoms with E-state index in [1.54, 1.807) is 0 Å². The van der Waals surface area contributed by atoms with Crippen LogP contribution < -0.4 is 10.6 Å². The molecule has 5 nitrogen and oxygen atoms in total. The third kappa shape index (κ3) is 3.65. The number of aromatic nitrogens is 2. The Labute approximate surface area is 120 Å². The van der Waals surface area contributed by atoms with Crippen LogP contribution in [0.1, 0.15) is 37.4 Å². The molecule has 0 bridgehead atoms. The molecule has 3 rings (SSSR count). The van der Waals surface area contributed by atoms with E-state index >= 15 is 0 Å². The molecule has 0 aromatic carbocycles. The summed E-state index contributed by atoms with van der Waals surface area (Å²) in [5, 5.41) is 6.15. The van der Waals surface area contributed by atoms with Gasteiger partial charge in [0.1, 0.15) is 16.2 Å². The Morgan fingerprint density at radius 1 is 1.26 bits per heavy atom. The number of carbonyl (C=O) groups excluding carboxylic acids is 1. The van der Waals surface area contributed by atoms with Crippen LogP contribution in [0.3, 0.4) is 0 Å². The van der Waals surface area contributed by atoms with Crippen LogP contribution in [0.25, 0.3) is 0 Å². The van der Waals surface area contributed by atoms with Gasteiger partial charge in [-0.15, -0.1) is 0 Å². The number of nitrogens with one attached hydrogen (secondary N) is 2. The highest BCUT2D eigenvalue weighted by Crippen LogP contribution is 2.38. The molecule has 0 aliphatic heterocycles. The summed E-state index contributed by atoms with van der Waals surface area (Å²) in [4.78, 5) is 20.3. The highest BCUT2D eigenvalue weighted by molar-refractivity contribution is 9.10. The molecular weight excluding hydrogens is 308 g/mol. The largest absolute Gasteiger partial charge is 0.368 e. The Balaban J connectivity index is 1.47. The summed E-state index contributed by atoms with van der Waals surface area (Å²) >= 11 is 3.41. The van der Waals surface area contributed by atoms with E-state index in [-0.39, 0.29) is 11.8 Å². The van der Waals surface area contributed by atoms with E-state index < -0.39 is 0 Å². The highest BCUT2D eigenvalue weighted by Gasteiger charge is 2.29.